The van der Waals surface area contributed by atoms with Gasteiger partial charge >= 0.3 is 12.0 Å². The molecule has 1 heterocycles. The van der Waals surface area contributed by atoms with Crippen LogP contribution in [-0.2, 0) is 27.2 Å². The Morgan fingerprint density at radius 1 is 1.13 bits per heavy atom. The van der Waals surface area contributed by atoms with E-state index in [-0.39, 0.29) is 6.42 Å². The average Bonchev–Trinajstić information content (AvgIpc) is 3.26. The topological polar surface area (TPSA) is 154 Å². The Kier molecular flexibility index (Phi) is 7.13. The van der Waals surface area contributed by atoms with E-state index in [0.29, 0.717) is 21.2 Å². The SMILES string of the molecule is NC(=O)NC(CC(=O)OCC(=O)Nc1sc2c(c1C(N)=O)CCC2)c1ccc(Cl)cc1. The number of fused-ring (bicyclic) bond motifs is 1. The molecule has 9 nitrogen and oxygen atoms in total. The van der Waals surface area contributed by atoms with Gasteiger partial charge in [0, 0.05) is 9.90 Å². The molecule has 0 saturated heterocycles. The molecule has 3 rings (SSSR count). The van der Waals surface area contributed by atoms with Gasteiger partial charge in [-0.05, 0) is 42.5 Å². The van der Waals surface area contributed by atoms with Crippen molar-refractivity contribution < 1.29 is 23.9 Å². The molecule has 164 valence electrons. The monoisotopic (exact) mass is 464 g/mol. The van der Waals surface area contributed by atoms with Crippen LogP contribution >= 0.6 is 22.9 Å². The molecule has 31 heavy (non-hydrogen) atoms. The first kappa shape index (κ1) is 22.6. The van der Waals surface area contributed by atoms with Gasteiger partial charge in [-0.1, -0.05) is 23.7 Å². The van der Waals surface area contributed by atoms with Crippen molar-refractivity contribution in [2.75, 3.05) is 11.9 Å². The van der Waals surface area contributed by atoms with Crippen LogP contribution in [0.5, 0.6) is 0 Å². The maximum Gasteiger partial charge on any atom is 0.312 e. The summed E-state index contributed by atoms with van der Waals surface area (Å²) in [6.07, 6.45) is 2.29. The normalized spacial score (nSPS) is 13.2. The second-order valence-electron chi connectivity index (χ2n) is 6.95. The summed E-state index contributed by atoms with van der Waals surface area (Å²) < 4.78 is 5.03. The van der Waals surface area contributed by atoms with E-state index in [1.54, 1.807) is 24.3 Å². The van der Waals surface area contributed by atoms with Gasteiger partial charge in [-0.2, -0.15) is 0 Å². The number of halogens is 1. The highest BCUT2D eigenvalue weighted by Gasteiger charge is 2.26. The summed E-state index contributed by atoms with van der Waals surface area (Å²) in [5.74, 6) is -1.91. The number of carbonyl (C=O) groups is 4. The molecule has 0 aliphatic heterocycles. The largest absolute Gasteiger partial charge is 0.455 e. The Bertz CT molecular complexity index is 1020. The van der Waals surface area contributed by atoms with E-state index in [2.05, 4.69) is 10.6 Å². The number of nitrogens with two attached hydrogens (primary N) is 2. The summed E-state index contributed by atoms with van der Waals surface area (Å²) in [4.78, 5) is 48.6. The zero-order valence-electron chi connectivity index (χ0n) is 16.4. The third-order valence-corrected chi connectivity index (χ3v) is 6.20. The lowest BCUT2D eigenvalue weighted by atomic mass is 10.0. The molecule has 0 spiro atoms. The van der Waals surface area contributed by atoms with Gasteiger partial charge in [0.2, 0.25) is 0 Å². The summed E-state index contributed by atoms with van der Waals surface area (Å²) in [6, 6.07) is 4.96. The van der Waals surface area contributed by atoms with Gasteiger partial charge in [-0.15, -0.1) is 11.3 Å². The van der Waals surface area contributed by atoms with E-state index in [9.17, 15) is 19.2 Å². The molecule has 11 heteroatoms. The second kappa shape index (κ2) is 9.80. The zero-order valence-corrected chi connectivity index (χ0v) is 18.0. The highest BCUT2D eigenvalue weighted by Crippen LogP contribution is 2.38. The van der Waals surface area contributed by atoms with E-state index in [4.69, 9.17) is 27.8 Å². The number of anilines is 1. The van der Waals surface area contributed by atoms with Crippen molar-refractivity contribution in [1.29, 1.82) is 0 Å². The number of carbonyl (C=O) groups excluding carboxylic acids is 4. The smallest absolute Gasteiger partial charge is 0.312 e. The van der Waals surface area contributed by atoms with Crippen LogP contribution in [0.15, 0.2) is 24.3 Å². The Hall–Kier alpha value is -3.11. The molecule has 1 aliphatic carbocycles. The molecule has 1 unspecified atom stereocenters. The fourth-order valence-electron chi connectivity index (χ4n) is 3.41. The van der Waals surface area contributed by atoms with Crippen LogP contribution in [-0.4, -0.2) is 30.4 Å². The van der Waals surface area contributed by atoms with Gasteiger partial charge in [0.1, 0.15) is 5.00 Å². The van der Waals surface area contributed by atoms with Gasteiger partial charge < -0.3 is 26.8 Å². The maximum atomic E-state index is 12.3. The predicted molar refractivity (Wildman–Crippen MR) is 116 cm³/mol. The van der Waals surface area contributed by atoms with Gasteiger partial charge in [-0.3, -0.25) is 14.4 Å². The molecule has 1 aliphatic rings. The van der Waals surface area contributed by atoms with E-state index in [1.165, 1.54) is 11.3 Å². The predicted octanol–water partition coefficient (Wildman–Crippen LogP) is 2.27. The third-order valence-electron chi connectivity index (χ3n) is 4.74. The molecule has 0 fully saturated rings. The van der Waals surface area contributed by atoms with E-state index >= 15 is 0 Å². The molecule has 0 radical (unpaired) electrons. The summed E-state index contributed by atoms with van der Waals surface area (Å²) in [7, 11) is 0. The lowest BCUT2D eigenvalue weighted by Gasteiger charge is -2.17. The Morgan fingerprint density at radius 3 is 2.48 bits per heavy atom. The minimum absolute atomic E-state index is 0.238. The first-order valence-electron chi connectivity index (χ1n) is 9.46. The molecule has 4 amide bonds. The molecule has 2 aromatic rings. The lowest BCUT2D eigenvalue weighted by Crippen LogP contribution is -2.35. The first-order valence-corrected chi connectivity index (χ1v) is 10.6. The molecular weight excluding hydrogens is 444 g/mol. The van der Waals surface area contributed by atoms with Gasteiger partial charge in [0.25, 0.3) is 11.8 Å². The van der Waals surface area contributed by atoms with Crippen molar-refractivity contribution in [3.63, 3.8) is 0 Å². The Morgan fingerprint density at radius 2 is 1.84 bits per heavy atom. The number of benzene rings is 1. The van der Waals surface area contributed by atoms with Crippen LogP contribution in [0.25, 0.3) is 0 Å². The van der Waals surface area contributed by atoms with Crippen LogP contribution in [0.1, 0.15) is 45.2 Å². The highest BCUT2D eigenvalue weighted by molar-refractivity contribution is 7.17. The third kappa shape index (κ3) is 5.74. The summed E-state index contributed by atoms with van der Waals surface area (Å²) in [5, 5.41) is 5.92. The number of aryl methyl sites for hydroxylation is 1. The second-order valence-corrected chi connectivity index (χ2v) is 8.49. The first-order chi connectivity index (χ1) is 14.7. The average molecular weight is 465 g/mol. The molecular formula is C20H21ClN4O5S. The Balaban J connectivity index is 1.58. The highest BCUT2D eigenvalue weighted by atomic mass is 35.5. The van der Waals surface area contributed by atoms with E-state index in [0.717, 1.165) is 29.7 Å². The van der Waals surface area contributed by atoms with Crippen LogP contribution in [0.3, 0.4) is 0 Å². The number of hydrogen-bond acceptors (Lipinski definition) is 6. The number of esters is 1. The Labute approximate surface area is 187 Å². The minimum atomic E-state index is -0.810. The van der Waals surface area contributed by atoms with Crippen LogP contribution in [0, 0.1) is 0 Å². The quantitative estimate of drug-likeness (QED) is 0.441. The minimum Gasteiger partial charge on any atom is -0.455 e. The number of urea groups is 1. The van der Waals surface area contributed by atoms with Crippen molar-refractivity contribution in [1.82, 2.24) is 5.32 Å². The van der Waals surface area contributed by atoms with E-state index < -0.39 is 36.5 Å². The molecule has 1 atom stereocenters. The van der Waals surface area contributed by atoms with E-state index in [1.807, 2.05) is 0 Å². The van der Waals surface area contributed by atoms with Gasteiger partial charge in [0.05, 0.1) is 18.0 Å². The van der Waals surface area contributed by atoms with Crippen LogP contribution < -0.4 is 22.1 Å². The van der Waals surface area contributed by atoms with Crippen molar-refractivity contribution in [2.24, 2.45) is 11.5 Å². The van der Waals surface area contributed by atoms with Crippen molar-refractivity contribution in [3.05, 3.63) is 50.9 Å². The van der Waals surface area contributed by atoms with Crippen molar-refractivity contribution in [3.8, 4) is 0 Å². The van der Waals surface area contributed by atoms with Gasteiger partial charge in [-0.25, -0.2) is 4.79 Å². The molecule has 0 saturated carbocycles. The van der Waals surface area contributed by atoms with Gasteiger partial charge in [0.15, 0.2) is 6.61 Å². The van der Waals surface area contributed by atoms with Crippen molar-refractivity contribution >= 4 is 51.8 Å². The standard InChI is InChI=1S/C20H21ClN4O5S/c21-11-6-4-10(5-7-11)13(24-20(23)29)8-16(27)30-9-15(26)25-19-17(18(22)28)12-2-1-3-14(12)31-19/h4-7,13H,1-3,8-9H2,(H2,22,28)(H,25,26)(H3,23,24,29). The maximum absolute atomic E-state index is 12.3. The number of thiophene rings is 1. The summed E-state index contributed by atoms with van der Waals surface area (Å²) in [6.45, 7) is -0.552. The number of hydrogen-bond donors (Lipinski definition) is 4. The number of amides is 4. The molecule has 6 N–H and O–H groups in total. The lowest BCUT2D eigenvalue weighted by molar-refractivity contribution is -0.147. The number of rotatable bonds is 8. The molecule has 1 aromatic carbocycles. The summed E-state index contributed by atoms with van der Waals surface area (Å²) in [5.41, 5.74) is 12.5. The fraction of sp³-hybridized carbons (Fsp3) is 0.300. The fourth-order valence-corrected chi connectivity index (χ4v) is 4.84. The molecule has 0 bridgehead atoms. The number of nitrogens with one attached hydrogen (secondary N) is 2. The van der Waals surface area contributed by atoms with Crippen LogP contribution in [0.4, 0.5) is 9.80 Å². The van der Waals surface area contributed by atoms with Crippen molar-refractivity contribution in [2.45, 2.75) is 31.7 Å². The summed E-state index contributed by atoms with van der Waals surface area (Å²) >= 11 is 7.17. The zero-order chi connectivity index (χ0) is 22.5. The number of primary amides is 2. The van der Waals surface area contributed by atoms with Crippen LogP contribution in [0.2, 0.25) is 5.02 Å². The molecule has 1 aromatic heterocycles. The number of ether oxygens (including phenoxy) is 1.